The average Bonchev–Trinajstić information content (AvgIpc) is 3.09. The molecular weight excluding hydrogens is 371 g/mol. The molecule has 2 heterocycles. The van der Waals surface area contributed by atoms with E-state index in [-0.39, 0.29) is 30.5 Å². The number of aromatic nitrogens is 4. The number of alkyl halides is 3. The van der Waals surface area contributed by atoms with E-state index in [1.54, 1.807) is 29.5 Å². The van der Waals surface area contributed by atoms with Crippen molar-refractivity contribution in [1.82, 2.24) is 19.1 Å². The summed E-state index contributed by atoms with van der Waals surface area (Å²) in [5.74, 6) is -1.31. The molecule has 0 spiro atoms. The maximum absolute atomic E-state index is 13.6. The van der Waals surface area contributed by atoms with Gasteiger partial charge in [0.25, 0.3) is 0 Å². The summed E-state index contributed by atoms with van der Waals surface area (Å²) < 4.78 is 54.4. The van der Waals surface area contributed by atoms with Crippen LogP contribution in [0.2, 0.25) is 0 Å². The number of halogens is 6. The van der Waals surface area contributed by atoms with E-state index in [1.807, 2.05) is 0 Å². The summed E-state index contributed by atoms with van der Waals surface area (Å²) in [5, 5.41) is 0. The summed E-state index contributed by atoms with van der Waals surface area (Å²) in [6, 6.07) is 2.76. The van der Waals surface area contributed by atoms with Crippen LogP contribution in [-0.4, -0.2) is 19.1 Å². The molecule has 0 atom stereocenters. The molecule has 4 nitrogen and oxygen atoms in total. The van der Waals surface area contributed by atoms with Crippen LogP contribution in [0.1, 0.15) is 11.3 Å². The number of imidazole rings is 2. The molecular formula is C14H12Cl2F4N4. The van der Waals surface area contributed by atoms with E-state index < -0.39 is 17.6 Å². The lowest BCUT2D eigenvalue weighted by molar-refractivity contribution is -0.139. The average molecular weight is 383 g/mol. The zero-order valence-electron chi connectivity index (χ0n) is 11.9. The van der Waals surface area contributed by atoms with Crippen molar-refractivity contribution in [3.63, 3.8) is 0 Å². The first-order valence-corrected chi connectivity index (χ1v) is 6.29. The molecule has 0 saturated heterocycles. The highest BCUT2D eigenvalue weighted by atomic mass is 35.5. The van der Waals surface area contributed by atoms with Crippen LogP contribution in [0.25, 0.3) is 5.69 Å². The van der Waals surface area contributed by atoms with Gasteiger partial charge in [-0.05, 0) is 18.2 Å². The smallest absolute Gasteiger partial charge is 0.331 e. The van der Waals surface area contributed by atoms with E-state index in [9.17, 15) is 17.6 Å². The Hall–Kier alpha value is -2.06. The van der Waals surface area contributed by atoms with Crippen molar-refractivity contribution < 1.29 is 17.6 Å². The number of rotatable bonds is 3. The summed E-state index contributed by atoms with van der Waals surface area (Å²) >= 11 is 0. The number of nitrogens with zero attached hydrogens (tertiary/aromatic N) is 4. The summed E-state index contributed by atoms with van der Waals surface area (Å²) in [7, 11) is 0. The molecule has 1 aromatic carbocycles. The van der Waals surface area contributed by atoms with Gasteiger partial charge in [-0.15, -0.1) is 24.8 Å². The van der Waals surface area contributed by atoms with Crippen molar-refractivity contribution in [2.24, 2.45) is 0 Å². The van der Waals surface area contributed by atoms with Crippen LogP contribution in [0.5, 0.6) is 0 Å². The highest BCUT2D eigenvalue weighted by molar-refractivity contribution is 5.85. The van der Waals surface area contributed by atoms with Gasteiger partial charge in [-0.25, -0.2) is 14.4 Å². The summed E-state index contributed by atoms with van der Waals surface area (Å²) in [6.07, 6.45) is 3.36. The van der Waals surface area contributed by atoms with Gasteiger partial charge in [0.15, 0.2) is 0 Å². The predicted molar refractivity (Wildman–Crippen MR) is 84.3 cm³/mol. The van der Waals surface area contributed by atoms with Crippen molar-refractivity contribution in [2.75, 3.05) is 0 Å². The molecule has 0 aliphatic heterocycles. The van der Waals surface area contributed by atoms with Gasteiger partial charge in [-0.3, -0.25) is 0 Å². The first-order chi connectivity index (χ1) is 10.4. The molecule has 0 amide bonds. The van der Waals surface area contributed by atoms with Gasteiger partial charge in [0.2, 0.25) is 0 Å². The normalized spacial score (nSPS) is 10.8. The quantitative estimate of drug-likeness (QED) is 0.638. The fourth-order valence-electron chi connectivity index (χ4n) is 2.05. The van der Waals surface area contributed by atoms with Gasteiger partial charge in [-0.1, -0.05) is 0 Å². The molecule has 2 aromatic heterocycles. The SMILES string of the molecule is Cl.Cl.Fc1cc(-n2cnc(Cn3ccnc3)c2)ccc1C(F)(F)F. The third kappa shape index (κ3) is 4.27. The Balaban J connectivity index is 0.00000144. The standard InChI is InChI=1S/C14H10F4N4.2ClH/c15-13-5-11(1-2-12(13)14(16,17)18)22-7-10(20-9-22)6-21-4-3-19-8-21;;/h1-5,7-9H,6H2;2*1H. The third-order valence-corrected chi connectivity index (χ3v) is 3.10. The monoisotopic (exact) mass is 382 g/mol. The lowest BCUT2D eigenvalue weighted by Crippen LogP contribution is -2.08. The Kier molecular flexibility index (Phi) is 6.39. The van der Waals surface area contributed by atoms with Crippen LogP contribution >= 0.6 is 24.8 Å². The Morgan fingerprint density at radius 1 is 1.08 bits per heavy atom. The number of benzene rings is 1. The first kappa shape index (κ1) is 20.0. The Bertz CT molecular complexity index is 784. The van der Waals surface area contributed by atoms with Crippen molar-refractivity contribution in [3.8, 4) is 5.69 Å². The molecule has 0 aliphatic rings. The van der Waals surface area contributed by atoms with Crippen molar-refractivity contribution in [3.05, 3.63) is 66.5 Å². The fraction of sp³-hybridized carbons (Fsp3) is 0.143. The van der Waals surface area contributed by atoms with Gasteiger partial charge in [0, 0.05) is 24.3 Å². The van der Waals surface area contributed by atoms with Gasteiger partial charge >= 0.3 is 6.18 Å². The lowest BCUT2D eigenvalue weighted by atomic mass is 10.2. The molecule has 0 saturated carbocycles. The van der Waals surface area contributed by atoms with Crippen LogP contribution < -0.4 is 0 Å². The van der Waals surface area contributed by atoms with Gasteiger partial charge < -0.3 is 9.13 Å². The maximum atomic E-state index is 13.6. The van der Waals surface area contributed by atoms with E-state index in [2.05, 4.69) is 9.97 Å². The third-order valence-electron chi connectivity index (χ3n) is 3.10. The highest BCUT2D eigenvalue weighted by Crippen LogP contribution is 2.32. The Morgan fingerprint density at radius 3 is 2.42 bits per heavy atom. The van der Waals surface area contributed by atoms with Crippen molar-refractivity contribution in [2.45, 2.75) is 12.7 Å². The molecule has 10 heteroatoms. The zero-order valence-corrected chi connectivity index (χ0v) is 13.6. The molecule has 3 rings (SSSR count). The van der Waals surface area contributed by atoms with Gasteiger partial charge in [0.05, 0.1) is 30.5 Å². The van der Waals surface area contributed by atoms with Crippen molar-refractivity contribution >= 4 is 24.8 Å². The molecule has 24 heavy (non-hydrogen) atoms. The summed E-state index contributed by atoms with van der Waals surface area (Å²) in [5.41, 5.74) is -0.330. The van der Waals surface area contributed by atoms with Crippen LogP contribution in [0, 0.1) is 5.82 Å². The van der Waals surface area contributed by atoms with Gasteiger partial charge in [0.1, 0.15) is 5.82 Å². The van der Waals surface area contributed by atoms with Crippen LogP contribution in [0.3, 0.4) is 0 Å². The van der Waals surface area contributed by atoms with E-state index in [0.29, 0.717) is 12.2 Å². The van der Waals surface area contributed by atoms with Crippen LogP contribution in [0.15, 0.2) is 49.4 Å². The molecule has 0 fully saturated rings. The Labute approximate surface area is 147 Å². The molecule has 0 N–H and O–H groups in total. The maximum Gasteiger partial charge on any atom is 0.419 e. The van der Waals surface area contributed by atoms with E-state index >= 15 is 0 Å². The van der Waals surface area contributed by atoms with Crippen LogP contribution in [-0.2, 0) is 12.7 Å². The molecule has 0 bridgehead atoms. The fourth-order valence-corrected chi connectivity index (χ4v) is 2.05. The van der Waals surface area contributed by atoms with Crippen molar-refractivity contribution in [1.29, 1.82) is 0 Å². The minimum Gasteiger partial charge on any atom is -0.331 e. The van der Waals surface area contributed by atoms with Crippen LogP contribution in [0.4, 0.5) is 17.6 Å². The molecule has 0 unspecified atom stereocenters. The molecule has 0 radical (unpaired) electrons. The number of hydrogen-bond donors (Lipinski definition) is 0. The molecule has 3 aromatic rings. The lowest BCUT2D eigenvalue weighted by Gasteiger charge is -2.09. The second kappa shape index (κ2) is 7.67. The first-order valence-electron chi connectivity index (χ1n) is 6.29. The summed E-state index contributed by atoms with van der Waals surface area (Å²) in [4.78, 5) is 8.04. The molecule has 130 valence electrons. The topological polar surface area (TPSA) is 35.6 Å². The number of hydrogen-bond acceptors (Lipinski definition) is 2. The minimum atomic E-state index is -4.70. The second-order valence-electron chi connectivity index (χ2n) is 4.67. The Morgan fingerprint density at radius 2 is 1.83 bits per heavy atom. The zero-order chi connectivity index (χ0) is 15.7. The van der Waals surface area contributed by atoms with E-state index in [0.717, 1.165) is 12.1 Å². The van der Waals surface area contributed by atoms with Gasteiger partial charge in [-0.2, -0.15) is 13.2 Å². The van der Waals surface area contributed by atoms with E-state index in [4.69, 9.17) is 0 Å². The summed E-state index contributed by atoms with van der Waals surface area (Å²) in [6.45, 7) is 0.468. The highest BCUT2D eigenvalue weighted by Gasteiger charge is 2.33. The second-order valence-corrected chi connectivity index (χ2v) is 4.67. The molecule has 0 aliphatic carbocycles. The minimum absolute atomic E-state index is 0. The van der Waals surface area contributed by atoms with E-state index in [1.165, 1.54) is 17.0 Å². The predicted octanol–water partition coefficient (Wildman–Crippen LogP) is 4.12. The largest absolute Gasteiger partial charge is 0.419 e.